The molecule has 1 heterocycles. The van der Waals surface area contributed by atoms with Crippen molar-refractivity contribution in [1.82, 2.24) is 15.3 Å². The zero-order chi connectivity index (χ0) is 17.8. The number of aliphatic carboxylic acids is 1. The van der Waals surface area contributed by atoms with Crippen molar-refractivity contribution in [1.29, 1.82) is 0 Å². The number of hydrogen-bond donors (Lipinski definition) is 3. The van der Waals surface area contributed by atoms with Crippen LogP contribution in [-0.2, 0) is 10.2 Å². The van der Waals surface area contributed by atoms with Crippen molar-refractivity contribution >= 4 is 11.9 Å². The maximum Gasteiger partial charge on any atom is 0.326 e. The molecule has 7 nitrogen and oxygen atoms in total. The molecule has 0 aromatic carbocycles. The van der Waals surface area contributed by atoms with Crippen LogP contribution in [0, 0.1) is 6.92 Å². The van der Waals surface area contributed by atoms with Gasteiger partial charge in [0.25, 0.3) is 11.5 Å². The first-order valence-corrected chi connectivity index (χ1v) is 7.73. The van der Waals surface area contributed by atoms with Gasteiger partial charge in [0.1, 0.15) is 17.4 Å². The molecule has 0 aliphatic carbocycles. The van der Waals surface area contributed by atoms with Crippen LogP contribution in [0.2, 0.25) is 0 Å². The Morgan fingerprint density at radius 1 is 1.35 bits per heavy atom. The minimum absolute atomic E-state index is 0.138. The number of aromatic amines is 1. The van der Waals surface area contributed by atoms with Crippen LogP contribution in [0.15, 0.2) is 4.79 Å². The molecule has 23 heavy (non-hydrogen) atoms. The number of nitrogens with zero attached hydrogens (tertiary/aromatic N) is 1. The Balaban J connectivity index is 3.09. The lowest BCUT2D eigenvalue weighted by Gasteiger charge is -2.19. The van der Waals surface area contributed by atoms with Gasteiger partial charge >= 0.3 is 5.97 Å². The van der Waals surface area contributed by atoms with Crippen LogP contribution in [0.5, 0.6) is 0 Å². The summed E-state index contributed by atoms with van der Waals surface area (Å²) in [5, 5.41) is 11.6. The number of carbonyl (C=O) groups excluding carboxylic acids is 1. The van der Waals surface area contributed by atoms with Crippen LogP contribution >= 0.6 is 0 Å². The van der Waals surface area contributed by atoms with E-state index >= 15 is 0 Å². The van der Waals surface area contributed by atoms with Crippen molar-refractivity contribution in [2.75, 3.05) is 0 Å². The number of hydrogen-bond acceptors (Lipinski definition) is 4. The normalized spacial score (nSPS) is 12.7. The van der Waals surface area contributed by atoms with Crippen LogP contribution in [0.25, 0.3) is 0 Å². The highest BCUT2D eigenvalue weighted by molar-refractivity contribution is 5.97. The summed E-state index contributed by atoms with van der Waals surface area (Å²) >= 11 is 0. The van der Waals surface area contributed by atoms with Gasteiger partial charge in [0, 0.05) is 5.41 Å². The Kier molecular flexibility index (Phi) is 6.06. The second-order valence-corrected chi connectivity index (χ2v) is 6.63. The van der Waals surface area contributed by atoms with E-state index in [4.69, 9.17) is 5.11 Å². The van der Waals surface area contributed by atoms with Crippen LogP contribution in [0.1, 0.15) is 68.8 Å². The first-order valence-electron chi connectivity index (χ1n) is 7.73. The third-order valence-corrected chi connectivity index (χ3v) is 3.49. The summed E-state index contributed by atoms with van der Waals surface area (Å²) in [6.45, 7) is 9.20. The van der Waals surface area contributed by atoms with E-state index in [9.17, 15) is 14.4 Å². The Bertz CT molecular complexity index is 644. The van der Waals surface area contributed by atoms with E-state index in [1.807, 2.05) is 27.7 Å². The van der Waals surface area contributed by atoms with Gasteiger partial charge in [-0.2, -0.15) is 0 Å². The van der Waals surface area contributed by atoms with E-state index in [0.717, 1.165) is 6.42 Å². The molecule has 1 amide bonds. The number of unbranched alkanes of at least 4 members (excludes halogenated alkanes) is 1. The Hall–Kier alpha value is -2.18. The quantitative estimate of drug-likeness (QED) is 0.738. The largest absolute Gasteiger partial charge is 0.480 e. The van der Waals surface area contributed by atoms with Crippen LogP contribution < -0.4 is 10.9 Å². The predicted octanol–water partition coefficient (Wildman–Crippen LogP) is 1.75. The predicted molar refractivity (Wildman–Crippen MR) is 86.7 cm³/mol. The topological polar surface area (TPSA) is 112 Å². The van der Waals surface area contributed by atoms with Crippen LogP contribution in [0.4, 0.5) is 0 Å². The number of rotatable bonds is 6. The first kappa shape index (κ1) is 18.9. The second-order valence-electron chi connectivity index (χ2n) is 6.63. The standard InChI is InChI=1S/C16H25N3O4/c1-6-7-8-10(14(22)23)18-12(20)11-9(2)17-15(16(3,4)5)19-13(11)21/h10H,6-8H2,1-5H3,(H,18,20)(H,22,23)(H,17,19,21)/t10-/m0/s1. The molecular weight excluding hydrogens is 298 g/mol. The Morgan fingerprint density at radius 3 is 2.39 bits per heavy atom. The van der Waals surface area contributed by atoms with Gasteiger partial charge in [-0.05, 0) is 13.3 Å². The third-order valence-electron chi connectivity index (χ3n) is 3.49. The highest BCUT2D eigenvalue weighted by Gasteiger charge is 2.25. The lowest BCUT2D eigenvalue weighted by Crippen LogP contribution is -2.43. The summed E-state index contributed by atoms with van der Waals surface area (Å²) < 4.78 is 0. The molecule has 0 aliphatic heterocycles. The molecule has 1 aromatic rings. The molecule has 1 aromatic heterocycles. The number of carboxylic acids is 1. The van der Waals surface area contributed by atoms with Gasteiger partial charge in [0.05, 0.1) is 5.69 Å². The van der Waals surface area contributed by atoms with Gasteiger partial charge in [-0.15, -0.1) is 0 Å². The summed E-state index contributed by atoms with van der Waals surface area (Å²) in [7, 11) is 0. The molecule has 0 saturated carbocycles. The molecule has 128 valence electrons. The average Bonchev–Trinajstić information content (AvgIpc) is 2.41. The van der Waals surface area contributed by atoms with Crippen molar-refractivity contribution in [2.24, 2.45) is 0 Å². The Morgan fingerprint density at radius 2 is 1.96 bits per heavy atom. The number of aryl methyl sites for hydroxylation is 1. The molecule has 7 heteroatoms. The van der Waals surface area contributed by atoms with E-state index in [-0.39, 0.29) is 16.7 Å². The van der Waals surface area contributed by atoms with Crippen LogP contribution in [-0.4, -0.2) is 33.0 Å². The molecule has 0 bridgehead atoms. The fourth-order valence-electron chi connectivity index (χ4n) is 2.10. The summed E-state index contributed by atoms with van der Waals surface area (Å²) in [6, 6.07) is -1.01. The molecule has 1 rings (SSSR count). The first-order chi connectivity index (χ1) is 10.6. The SMILES string of the molecule is CCCC[C@H](NC(=O)c1c(C)nc(C(C)(C)C)[nH]c1=O)C(=O)O. The fraction of sp³-hybridized carbons (Fsp3) is 0.625. The number of H-pyrrole nitrogens is 1. The highest BCUT2D eigenvalue weighted by atomic mass is 16.4. The molecule has 0 spiro atoms. The van der Waals surface area contributed by atoms with Gasteiger partial charge in [-0.3, -0.25) is 9.59 Å². The average molecular weight is 323 g/mol. The zero-order valence-electron chi connectivity index (χ0n) is 14.3. The van der Waals surface area contributed by atoms with Crippen molar-refractivity contribution < 1.29 is 14.7 Å². The summed E-state index contributed by atoms with van der Waals surface area (Å²) in [4.78, 5) is 42.6. The maximum atomic E-state index is 12.3. The van der Waals surface area contributed by atoms with E-state index in [2.05, 4.69) is 15.3 Å². The maximum absolute atomic E-state index is 12.3. The van der Waals surface area contributed by atoms with E-state index in [1.54, 1.807) is 6.92 Å². The molecular formula is C16H25N3O4. The highest BCUT2D eigenvalue weighted by Crippen LogP contribution is 2.17. The second kappa shape index (κ2) is 7.39. The number of nitrogens with one attached hydrogen (secondary N) is 2. The minimum atomic E-state index is -1.11. The van der Waals surface area contributed by atoms with Gasteiger partial charge in [-0.1, -0.05) is 40.5 Å². The number of carboxylic acid groups (broad SMARTS) is 1. The van der Waals surface area contributed by atoms with Crippen molar-refractivity contribution in [2.45, 2.75) is 65.3 Å². The summed E-state index contributed by atoms with van der Waals surface area (Å²) in [5.41, 5.74) is -0.764. The molecule has 0 radical (unpaired) electrons. The molecule has 3 N–H and O–H groups in total. The number of carbonyl (C=O) groups is 2. The lowest BCUT2D eigenvalue weighted by atomic mass is 9.95. The zero-order valence-corrected chi connectivity index (χ0v) is 14.3. The van der Waals surface area contributed by atoms with Crippen molar-refractivity contribution in [3.63, 3.8) is 0 Å². The fourth-order valence-corrected chi connectivity index (χ4v) is 2.10. The van der Waals surface area contributed by atoms with Crippen molar-refractivity contribution in [3.05, 3.63) is 27.4 Å². The smallest absolute Gasteiger partial charge is 0.326 e. The molecule has 1 atom stereocenters. The van der Waals surface area contributed by atoms with Crippen molar-refractivity contribution in [3.8, 4) is 0 Å². The summed E-state index contributed by atoms with van der Waals surface area (Å²) in [6.07, 6.45) is 1.82. The van der Waals surface area contributed by atoms with E-state index in [0.29, 0.717) is 18.7 Å². The molecule has 0 aliphatic rings. The molecule has 0 saturated heterocycles. The Labute approximate surface area is 135 Å². The van der Waals surface area contributed by atoms with Gasteiger partial charge < -0.3 is 15.4 Å². The van der Waals surface area contributed by atoms with E-state index < -0.39 is 23.5 Å². The summed E-state index contributed by atoms with van der Waals surface area (Å²) in [5.74, 6) is -1.34. The van der Waals surface area contributed by atoms with Gasteiger partial charge in [-0.25, -0.2) is 9.78 Å². The van der Waals surface area contributed by atoms with E-state index in [1.165, 1.54) is 0 Å². The minimum Gasteiger partial charge on any atom is -0.480 e. The number of amides is 1. The van der Waals surface area contributed by atoms with Crippen LogP contribution in [0.3, 0.4) is 0 Å². The van der Waals surface area contributed by atoms with Gasteiger partial charge in [0.2, 0.25) is 0 Å². The number of aromatic nitrogens is 2. The van der Waals surface area contributed by atoms with Gasteiger partial charge in [0.15, 0.2) is 0 Å². The molecule has 0 unspecified atom stereocenters. The third kappa shape index (κ3) is 4.91. The monoisotopic (exact) mass is 323 g/mol. The molecule has 0 fully saturated rings. The lowest BCUT2D eigenvalue weighted by molar-refractivity contribution is -0.139.